The Morgan fingerprint density at radius 2 is 2.37 bits per heavy atom. The van der Waals surface area contributed by atoms with E-state index in [1.54, 1.807) is 0 Å². The van der Waals surface area contributed by atoms with Crippen LogP contribution in [0.2, 0.25) is 0 Å². The molecule has 1 aromatic rings. The van der Waals surface area contributed by atoms with Gasteiger partial charge in [0, 0.05) is 12.6 Å². The van der Waals surface area contributed by atoms with Gasteiger partial charge in [-0.05, 0) is 15.9 Å². The topological polar surface area (TPSA) is 109 Å². The molecule has 8 nitrogen and oxygen atoms in total. The van der Waals surface area contributed by atoms with Crippen molar-refractivity contribution in [3.05, 3.63) is 42.9 Å². The molecule has 1 aliphatic heterocycles. The average molecular weight is 332 g/mol. The third-order valence-electron chi connectivity index (χ3n) is 2.94. The van der Waals surface area contributed by atoms with Crippen LogP contribution in [0.1, 0.15) is 12.6 Å². The number of ether oxygens (including phenoxy) is 1. The highest BCUT2D eigenvalue weighted by atomic mass is 79.9. The fourth-order valence-electron chi connectivity index (χ4n) is 1.86. The molecule has 0 bridgehead atoms. The molecule has 2 heterocycles. The number of hydrogen-bond acceptors (Lipinski definition) is 5. The van der Waals surface area contributed by atoms with Crippen molar-refractivity contribution in [3.63, 3.8) is 0 Å². The number of halogens is 1. The Balaban J connectivity index is 2.42. The SMILES string of the molecule is [C-]#[N+][C@]1(CO)O[C@@H](n2cc(Br)c(=O)[nH]c2=O)C[C@@H]1O. The van der Waals surface area contributed by atoms with E-state index in [0.29, 0.717) is 0 Å². The number of aliphatic hydroxyl groups excluding tert-OH is 2. The zero-order chi connectivity index (χ0) is 14.2. The molecule has 0 spiro atoms. The van der Waals surface area contributed by atoms with Crippen molar-refractivity contribution in [2.75, 3.05) is 6.61 Å². The largest absolute Gasteiger partial charge is 0.387 e. The highest BCUT2D eigenvalue weighted by Gasteiger charge is 2.55. The molecule has 102 valence electrons. The number of rotatable bonds is 2. The van der Waals surface area contributed by atoms with Gasteiger partial charge in [0.2, 0.25) is 0 Å². The van der Waals surface area contributed by atoms with Gasteiger partial charge < -0.3 is 10.2 Å². The second-order valence-electron chi connectivity index (χ2n) is 4.08. The maximum Gasteiger partial charge on any atom is 0.387 e. The maximum absolute atomic E-state index is 11.7. The average Bonchev–Trinajstić information content (AvgIpc) is 2.71. The van der Waals surface area contributed by atoms with Gasteiger partial charge in [-0.15, -0.1) is 0 Å². The van der Waals surface area contributed by atoms with Crippen LogP contribution in [0.5, 0.6) is 0 Å². The summed E-state index contributed by atoms with van der Waals surface area (Å²) in [7, 11) is 0. The molecule has 3 atom stereocenters. The fourth-order valence-corrected chi connectivity index (χ4v) is 2.18. The predicted molar refractivity (Wildman–Crippen MR) is 66.2 cm³/mol. The van der Waals surface area contributed by atoms with Crippen LogP contribution in [0.4, 0.5) is 0 Å². The van der Waals surface area contributed by atoms with Gasteiger partial charge in [0.15, 0.2) is 12.7 Å². The van der Waals surface area contributed by atoms with Crippen molar-refractivity contribution in [3.8, 4) is 0 Å². The third kappa shape index (κ3) is 2.23. The fraction of sp³-hybridized carbons (Fsp3) is 0.500. The summed E-state index contributed by atoms with van der Waals surface area (Å²) in [4.78, 5) is 28.0. The van der Waals surface area contributed by atoms with Gasteiger partial charge in [-0.3, -0.25) is 23.9 Å². The molecule has 19 heavy (non-hydrogen) atoms. The van der Waals surface area contributed by atoms with E-state index >= 15 is 0 Å². The lowest BCUT2D eigenvalue weighted by atomic mass is 10.1. The molecular formula is C10H10BrN3O5. The summed E-state index contributed by atoms with van der Waals surface area (Å²) in [5, 5.41) is 19.0. The monoisotopic (exact) mass is 331 g/mol. The van der Waals surface area contributed by atoms with Crippen LogP contribution in [-0.2, 0) is 4.74 Å². The summed E-state index contributed by atoms with van der Waals surface area (Å²) in [6, 6.07) is 0. The molecule has 1 fully saturated rings. The first-order valence-corrected chi connectivity index (χ1v) is 6.09. The van der Waals surface area contributed by atoms with Crippen molar-refractivity contribution in [1.29, 1.82) is 0 Å². The van der Waals surface area contributed by atoms with Gasteiger partial charge in [0.25, 0.3) is 5.56 Å². The lowest BCUT2D eigenvalue weighted by molar-refractivity contribution is -0.0993. The Morgan fingerprint density at radius 3 is 2.89 bits per heavy atom. The summed E-state index contributed by atoms with van der Waals surface area (Å²) in [6.45, 7) is 6.30. The second-order valence-corrected chi connectivity index (χ2v) is 4.94. The molecule has 1 aliphatic rings. The van der Waals surface area contributed by atoms with Crippen LogP contribution in [0.25, 0.3) is 4.85 Å². The molecule has 1 saturated heterocycles. The summed E-state index contributed by atoms with van der Waals surface area (Å²) in [5.74, 6) is 0. The second kappa shape index (κ2) is 4.90. The zero-order valence-corrected chi connectivity index (χ0v) is 11.1. The lowest BCUT2D eigenvalue weighted by Gasteiger charge is -2.17. The van der Waals surface area contributed by atoms with Crippen molar-refractivity contribution in [2.45, 2.75) is 24.5 Å². The van der Waals surface area contributed by atoms with Crippen LogP contribution >= 0.6 is 15.9 Å². The third-order valence-corrected chi connectivity index (χ3v) is 3.50. The van der Waals surface area contributed by atoms with E-state index in [4.69, 9.17) is 16.4 Å². The number of aromatic amines is 1. The van der Waals surface area contributed by atoms with Crippen LogP contribution < -0.4 is 11.2 Å². The Morgan fingerprint density at radius 1 is 1.68 bits per heavy atom. The van der Waals surface area contributed by atoms with Crippen LogP contribution in [0, 0.1) is 6.57 Å². The Kier molecular flexibility index (Phi) is 3.60. The molecule has 0 aromatic carbocycles. The first kappa shape index (κ1) is 14.0. The summed E-state index contributed by atoms with van der Waals surface area (Å²) in [6.07, 6.45) is -0.980. The number of aliphatic hydroxyl groups is 2. The maximum atomic E-state index is 11.7. The van der Waals surface area contributed by atoms with Crippen molar-refractivity contribution >= 4 is 15.9 Å². The molecule has 2 rings (SSSR count). The number of nitrogens with zero attached hydrogens (tertiary/aromatic N) is 2. The van der Waals surface area contributed by atoms with E-state index in [1.165, 1.54) is 6.20 Å². The van der Waals surface area contributed by atoms with E-state index in [9.17, 15) is 14.7 Å². The van der Waals surface area contributed by atoms with Crippen molar-refractivity contribution in [2.24, 2.45) is 0 Å². The van der Waals surface area contributed by atoms with E-state index in [1.807, 2.05) is 0 Å². The highest BCUT2D eigenvalue weighted by Crippen LogP contribution is 2.37. The smallest absolute Gasteiger partial charge is 0.385 e. The Hall–Kier alpha value is -1.47. The van der Waals surface area contributed by atoms with Gasteiger partial charge in [-0.1, -0.05) is 0 Å². The summed E-state index contributed by atoms with van der Waals surface area (Å²) >= 11 is 2.97. The van der Waals surface area contributed by atoms with Crippen molar-refractivity contribution < 1.29 is 14.9 Å². The van der Waals surface area contributed by atoms with Crippen molar-refractivity contribution in [1.82, 2.24) is 9.55 Å². The first-order chi connectivity index (χ1) is 8.93. The predicted octanol–water partition coefficient (Wildman–Crippen LogP) is -0.813. The molecule has 0 saturated carbocycles. The minimum atomic E-state index is -1.77. The molecular weight excluding hydrogens is 322 g/mol. The van der Waals surface area contributed by atoms with Gasteiger partial charge >= 0.3 is 11.4 Å². The standard InChI is InChI=1S/C10H10BrN3O5/c1-12-10(4-15)6(16)2-7(19-10)14-3-5(11)8(17)13-9(14)18/h3,6-7,15-16H,2,4H2,(H,13,17,18)/t6-,7+,10+/m0/s1. The van der Waals surface area contributed by atoms with Gasteiger partial charge in [-0.25, -0.2) is 11.4 Å². The molecule has 3 N–H and O–H groups in total. The molecule has 0 unspecified atom stereocenters. The number of nitrogens with one attached hydrogen (secondary N) is 1. The Bertz CT molecular complexity index is 648. The number of hydrogen-bond donors (Lipinski definition) is 3. The molecule has 1 aromatic heterocycles. The van der Waals surface area contributed by atoms with Crippen LogP contribution in [0.15, 0.2) is 20.3 Å². The molecule has 9 heteroatoms. The first-order valence-electron chi connectivity index (χ1n) is 5.30. The van der Waals surface area contributed by atoms with Crippen LogP contribution in [0.3, 0.4) is 0 Å². The minimum Gasteiger partial charge on any atom is -0.385 e. The van der Waals surface area contributed by atoms with E-state index in [-0.39, 0.29) is 10.9 Å². The van der Waals surface area contributed by atoms with Gasteiger partial charge in [-0.2, -0.15) is 0 Å². The number of H-pyrrole nitrogens is 1. The summed E-state index contributed by atoms with van der Waals surface area (Å²) < 4.78 is 6.46. The number of aromatic nitrogens is 2. The molecule has 0 radical (unpaired) electrons. The van der Waals surface area contributed by atoms with E-state index in [0.717, 1.165) is 4.57 Å². The van der Waals surface area contributed by atoms with E-state index in [2.05, 4.69) is 25.8 Å². The van der Waals surface area contributed by atoms with Crippen LogP contribution in [-0.4, -0.2) is 38.2 Å². The normalized spacial score (nSPS) is 30.2. The molecule has 0 amide bonds. The van der Waals surface area contributed by atoms with Gasteiger partial charge in [0.05, 0.1) is 4.47 Å². The van der Waals surface area contributed by atoms with Gasteiger partial charge in [0.1, 0.15) is 6.23 Å². The van der Waals surface area contributed by atoms with E-state index < -0.39 is 35.9 Å². The Labute approximate surface area is 115 Å². The summed E-state index contributed by atoms with van der Waals surface area (Å²) in [5.41, 5.74) is -3.07. The zero-order valence-electron chi connectivity index (χ0n) is 9.54. The quantitative estimate of drug-likeness (QED) is 0.614. The highest BCUT2D eigenvalue weighted by molar-refractivity contribution is 9.10. The molecule has 0 aliphatic carbocycles. The minimum absolute atomic E-state index is 0.0403. The lowest BCUT2D eigenvalue weighted by Crippen LogP contribution is -2.40.